The molecule has 0 spiro atoms. The first kappa shape index (κ1) is 23.6. The quantitative estimate of drug-likeness (QED) is 0.523. The van der Waals surface area contributed by atoms with Crippen LogP contribution in [0, 0.1) is 0 Å². The van der Waals surface area contributed by atoms with E-state index in [4.69, 9.17) is 0 Å². The third-order valence-electron chi connectivity index (χ3n) is 0.354. The maximum absolute atomic E-state index is 4.25. The standard InChI is InChI=1S/C3H6.2C3H8.C2H6O.C2H6/c1-2-3-1;3*1-3-2;1-2/h1-3H2;2*3H2,1-2H3;1-2H3;1-2H3. The van der Waals surface area contributed by atoms with E-state index in [2.05, 4.69) is 32.4 Å². The van der Waals surface area contributed by atoms with Crippen LogP contribution in [0.5, 0.6) is 0 Å². The van der Waals surface area contributed by atoms with Crippen molar-refractivity contribution in [2.45, 2.75) is 73.6 Å². The van der Waals surface area contributed by atoms with E-state index in [1.807, 2.05) is 13.8 Å². The van der Waals surface area contributed by atoms with Crippen molar-refractivity contribution in [3.8, 4) is 0 Å². The van der Waals surface area contributed by atoms with E-state index in [-0.39, 0.29) is 0 Å². The number of rotatable bonds is 0. The number of ether oxygens (including phenoxy) is 1. The lowest BCUT2D eigenvalue weighted by molar-refractivity contribution is 0.277. The normalized spacial score (nSPS) is 9.43. The van der Waals surface area contributed by atoms with Gasteiger partial charge in [-0.05, 0) is 0 Å². The Balaban J connectivity index is -0.0000000451. The lowest BCUT2D eigenvalue weighted by Crippen LogP contribution is -1.55. The summed E-state index contributed by atoms with van der Waals surface area (Å²) in [6.07, 6.45) is 7.00. The Bertz CT molecular complexity index is 26.7. The molecule has 1 saturated carbocycles. The molecule has 1 aliphatic carbocycles. The number of methoxy groups -OCH3 is 1. The summed E-state index contributed by atoms with van der Waals surface area (Å²) in [7, 11) is 3.25. The zero-order chi connectivity index (χ0) is 12.2. The SMILES string of the molecule is C1CC1.CC.CCC.CCC.COC. The second-order valence-electron chi connectivity index (χ2n) is 2.88. The lowest BCUT2D eigenvalue weighted by atomic mass is 10.6. The van der Waals surface area contributed by atoms with Gasteiger partial charge in [0.2, 0.25) is 0 Å². The molecule has 0 radical (unpaired) electrons. The topological polar surface area (TPSA) is 9.23 Å². The van der Waals surface area contributed by atoms with Gasteiger partial charge in [0, 0.05) is 14.2 Å². The summed E-state index contributed by atoms with van der Waals surface area (Å²) in [6, 6.07) is 0. The van der Waals surface area contributed by atoms with Crippen molar-refractivity contribution in [2.75, 3.05) is 14.2 Å². The van der Waals surface area contributed by atoms with E-state index in [9.17, 15) is 0 Å². The Hall–Kier alpha value is -0.0400. The highest BCUT2D eigenvalue weighted by molar-refractivity contribution is 4.50. The second-order valence-corrected chi connectivity index (χ2v) is 2.88. The molecule has 1 nitrogen and oxygen atoms in total. The van der Waals surface area contributed by atoms with Crippen LogP contribution in [0.4, 0.5) is 0 Å². The van der Waals surface area contributed by atoms with Crippen molar-refractivity contribution in [3.63, 3.8) is 0 Å². The maximum atomic E-state index is 4.25. The third-order valence-corrected chi connectivity index (χ3v) is 0.354. The zero-order valence-electron chi connectivity index (χ0n) is 11.9. The molecule has 0 N–H and O–H groups in total. The number of hydrogen-bond donors (Lipinski definition) is 0. The molecular weight excluding hydrogens is 172 g/mol. The molecule has 14 heavy (non-hydrogen) atoms. The fourth-order valence-corrected chi connectivity index (χ4v) is 0. The Morgan fingerprint density at radius 2 is 0.786 bits per heavy atom. The van der Waals surface area contributed by atoms with Gasteiger partial charge in [0.15, 0.2) is 0 Å². The first-order valence-corrected chi connectivity index (χ1v) is 6.14. The largest absolute Gasteiger partial charge is 0.388 e. The van der Waals surface area contributed by atoms with Crippen LogP contribution in [0.1, 0.15) is 73.6 Å². The summed E-state index contributed by atoms with van der Waals surface area (Å²) < 4.78 is 4.25. The van der Waals surface area contributed by atoms with Crippen molar-refractivity contribution in [3.05, 3.63) is 0 Å². The van der Waals surface area contributed by atoms with Gasteiger partial charge in [-0.2, -0.15) is 0 Å². The molecule has 0 amide bonds. The molecule has 0 heterocycles. The Morgan fingerprint density at radius 3 is 0.786 bits per heavy atom. The van der Waals surface area contributed by atoms with Crippen molar-refractivity contribution < 1.29 is 4.74 Å². The molecule has 92 valence electrons. The second kappa shape index (κ2) is 52.2. The number of hydrogen-bond acceptors (Lipinski definition) is 1. The summed E-state index contributed by atoms with van der Waals surface area (Å²) in [5.41, 5.74) is 0. The van der Waals surface area contributed by atoms with Crippen molar-refractivity contribution in [1.82, 2.24) is 0 Å². The molecule has 0 aromatic carbocycles. The van der Waals surface area contributed by atoms with E-state index in [0.717, 1.165) is 0 Å². The van der Waals surface area contributed by atoms with Gasteiger partial charge in [0.1, 0.15) is 0 Å². The lowest BCUT2D eigenvalue weighted by Gasteiger charge is -1.61. The predicted molar refractivity (Wildman–Crippen MR) is 70.1 cm³/mol. The maximum Gasteiger partial charge on any atom is 0.0351 e. The minimum absolute atomic E-state index is 1.25. The van der Waals surface area contributed by atoms with Gasteiger partial charge in [-0.15, -0.1) is 0 Å². The molecule has 0 atom stereocenters. The first-order chi connectivity index (χ1) is 6.74. The zero-order valence-corrected chi connectivity index (χ0v) is 11.9. The van der Waals surface area contributed by atoms with E-state index in [1.54, 1.807) is 14.2 Å². The molecule has 0 saturated heterocycles. The highest BCUT2D eigenvalue weighted by Gasteiger charge is 1.95. The summed E-state index contributed by atoms with van der Waals surface area (Å²) in [5.74, 6) is 0. The van der Waals surface area contributed by atoms with Crippen LogP contribution in [0.3, 0.4) is 0 Å². The molecule has 0 unspecified atom stereocenters. The molecule has 1 rings (SSSR count). The van der Waals surface area contributed by atoms with E-state index in [0.29, 0.717) is 0 Å². The monoisotopic (exact) mass is 206 g/mol. The van der Waals surface area contributed by atoms with Gasteiger partial charge in [-0.25, -0.2) is 0 Å². The van der Waals surface area contributed by atoms with Crippen LogP contribution in [-0.2, 0) is 4.74 Å². The Kier molecular flexibility index (Phi) is 88.1. The van der Waals surface area contributed by atoms with Crippen LogP contribution in [0.15, 0.2) is 0 Å². The molecule has 0 aliphatic heterocycles. The van der Waals surface area contributed by atoms with Gasteiger partial charge in [-0.1, -0.05) is 73.6 Å². The third kappa shape index (κ3) is 1560. The molecule has 1 fully saturated rings. The van der Waals surface area contributed by atoms with Crippen LogP contribution in [0.25, 0.3) is 0 Å². The van der Waals surface area contributed by atoms with Crippen LogP contribution in [-0.4, -0.2) is 14.2 Å². The summed E-state index contributed by atoms with van der Waals surface area (Å²) in [6.45, 7) is 12.5. The summed E-state index contributed by atoms with van der Waals surface area (Å²) in [4.78, 5) is 0. The summed E-state index contributed by atoms with van der Waals surface area (Å²) in [5, 5.41) is 0. The fraction of sp³-hybridized carbons (Fsp3) is 1.00. The van der Waals surface area contributed by atoms with Gasteiger partial charge in [-0.3, -0.25) is 0 Å². The van der Waals surface area contributed by atoms with Gasteiger partial charge in [0.25, 0.3) is 0 Å². The highest BCUT2D eigenvalue weighted by Crippen LogP contribution is 2.14. The average molecular weight is 206 g/mol. The molecule has 0 aromatic heterocycles. The molecular formula is C13H34O. The smallest absolute Gasteiger partial charge is 0.0351 e. The molecule has 0 bridgehead atoms. The minimum atomic E-state index is 1.25. The predicted octanol–water partition coefficient (Wildman–Crippen LogP) is 5.29. The minimum Gasteiger partial charge on any atom is -0.388 e. The molecule has 1 heteroatoms. The van der Waals surface area contributed by atoms with E-state index < -0.39 is 0 Å². The van der Waals surface area contributed by atoms with E-state index >= 15 is 0 Å². The highest BCUT2D eigenvalue weighted by atomic mass is 16.4. The van der Waals surface area contributed by atoms with Crippen molar-refractivity contribution >= 4 is 0 Å². The van der Waals surface area contributed by atoms with Crippen LogP contribution < -0.4 is 0 Å². The van der Waals surface area contributed by atoms with Gasteiger partial charge >= 0.3 is 0 Å². The van der Waals surface area contributed by atoms with E-state index in [1.165, 1.54) is 32.1 Å². The van der Waals surface area contributed by atoms with Crippen LogP contribution >= 0.6 is 0 Å². The van der Waals surface area contributed by atoms with Crippen LogP contribution in [0.2, 0.25) is 0 Å². The van der Waals surface area contributed by atoms with Crippen molar-refractivity contribution in [1.29, 1.82) is 0 Å². The Labute approximate surface area is 93.2 Å². The molecule has 1 aliphatic rings. The molecule has 0 aromatic rings. The van der Waals surface area contributed by atoms with Crippen molar-refractivity contribution in [2.24, 2.45) is 0 Å². The average Bonchev–Trinajstić information content (AvgIpc) is 2.97. The summed E-state index contributed by atoms with van der Waals surface area (Å²) >= 11 is 0. The van der Waals surface area contributed by atoms with Gasteiger partial charge < -0.3 is 4.74 Å². The fourth-order valence-electron chi connectivity index (χ4n) is 0. The Morgan fingerprint density at radius 1 is 0.714 bits per heavy atom. The first-order valence-electron chi connectivity index (χ1n) is 6.14. The van der Waals surface area contributed by atoms with Gasteiger partial charge in [0.05, 0.1) is 0 Å².